The Labute approximate surface area is 147 Å². The molecule has 1 fully saturated rings. The third-order valence-electron chi connectivity index (χ3n) is 4.10. The maximum atomic E-state index is 12.3. The predicted octanol–water partition coefficient (Wildman–Crippen LogP) is 2.85. The van der Waals surface area contributed by atoms with Crippen molar-refractivity contribution in [3.05, 3.63) is 35.2 Å². The normalized spacial score (nSPS) is 20.7. The molecule has 0 aliphatic carbocycles. The lowest BCUT2D eigenvalue weighted by atomic mass is 10.1. The Hall–Kier alpha value is -1.18. The van der Waals surface area contributed by atoms with Gasteiger partial charge in [0.1, 0.15) is 0 Å². The Morgan fingerprint density at radius 3 is 2.87 bits per heavy atom. The number of aliphatic hydroxyl groups excluding tert-OH is 1. The lowest BCUT2D eigenvalue weighted by molar-refractivity contribution is 0.0931. The third kappa shape index (κ3) is 3.09. The molecule has 1 aromatic carbocycles. The van der Waals surface area contributed by atoms with Crippen molar-refractivity contribution in [2.75, 3.05) is 19.6 Å². The van der Waals surface area contributed by atoms with Crippen molar-refractivity contribution in [3.63, 3.8) is 0 Å². The standard InChI is InChI=1S/C16H16N2O2S2.ClH/c19-11-8-17-6-9(11)7-18-16(20)14-5-13-15(22-14)10-3-1-2-4-12(10)21-13;/h1-5,9,11,17,19H,6-8H2,(H,18,20);1H. The van der Waals surface area contributed by atoms with Crippen molar-refractivity contribution in [2.24, 2.45) is 5.92 Å². The minimum atomic E-state index is -0.365. The fourth-order valence-corrected chi connectivity index (χ4v) is 5.29. The molecule has 3 heterocycles. The quantitative estimate of drug-likeness (QED) is 0.666. The lowest BCUT2D eigenvalue weighted by Crippen LogP contribution is -2.33. The topological polar surface area (TPSA) is 61.4 Å². The lowest BCUT2D eigenvalue weighted by Gasteiger charge is -2.13. The van der Waals surface area contributed by atoms with Gasteiger partial charge in [-0.15, -0.1) is 35.1 Å². The van der Waals surface area contributed by atoms with Crippen molar-refractivity contribution < 1.29 is 9.90 Å². The van der Waals surface area contributed by atoms with E-state index in [1.54, 1.807) is 22.7 Å². The number of benzene rings is 1. The molecule has 2 atom stereocenters. The minimum Gasteiger partial charge on any atom is -0.391 e. The SMILES string of the molecule is Cl.O=C(NCC1CNCC1O)c1cc2sc3ccccc3c2s1. The van der Waals surface area contributed by atoms with Crippen molar-refractivity contribution in [3.8, 4) is 0 Å². The van der Waals surface area contributed by atoms with Crippen LogP contribution in [-0.2, 0) is 0 Å². The van der Waals surface area contributed by atoms with Gasteiger partial charge in [-0.2, -0.15) is 0 Å². The molecule has 7 heteroatoms. The molecule has 4 nitrogen and oxygen atoms in total. The Kier molecular flexibility index (Phi) is 4.89. The number of rotatable bonds is 3. The molecule has 3 N–H and O–H groups in total. The number of β-amino-alcohol motifs (C(OH)–C–C–N with tert-alkyl or cyclic N) is 1. The highest BCUT2D eigenvalue weighted by Gasteiger charge is 2.25. The van der Waals surface area contributed by atoms with Gasteiger partial charge in [0.15, 0.2) is 0 Å². The van der Waals surface area contributed by atoms with E-state index >= 15 is 0 Å². The van der Waals surface area contributed by atoms with Crippen molar-refractivity contribution >= 4 is 60.5 Å². The van der Waals surface area contributed by atoms with E-state index in [0.717, 1.165) is 11.4 Å². The van der Waals surface area contributed by atoms with Crippen LogP contribution in [0.5, 0.6) is 0 Å². The molecular formula is C16H17ClN2O2S2. The largest absolute Gasteiger partial charge is 0.391 e. The van der Waals surface area contributed by atoms with Gasteiger partial charge >= 0.3 is 0 Å². The summed E-state index contributed by atoms with van der Waals surface area (Å²) in [7, 11) is 0. The number of hydrogen-bond acceptors (Lipinski definition) is 5. The van der Waals surface area contributed by atoms with Gasteiger partial charge in [-0.25, -0.2) is 0 Å². The van der Waals surface area contributed by atoms with Gasteiger partial charge in [0.05, 0.1) is 15.7 Å². The Morgan fingerprint density at radius 2 is 2.09 bits per heavy atom. The van der Waals surface area contributed by atoms with Gasteiger partial charge in [0.2, 0.25) is 0 Å². The molecular weight excluding hydrogens is 352 g/mol. The van der Waals surface area contributed by atoms with E-state index in [9.17, 15) is 9.90 Å². The monoisotopic (exact) mass is 368 g/mol. The van der Waals surface area contributed by atoms with E-state index in [0.29, 0.717) is 13.1 Å². The predicted molar refractivity (Wildman–Crippen MR) is 99.2 cm³/mol. The summed E-state index contributed by atoms with van der Waals surface area (Å²) in [5, 5.41) is 17.1. The van der Waals surface area contributed by atoms with Crippen LogP contribution in [0.3, 0.4) is 0 Å². The highest BCUT2D eigenvalue weighted by atomic mass is 35.5. The van der Waals surface area contributed by atoms with Gasteiger partial charge in [0.25, 0.3) is 5.91 Å². The van der Waals surface area contributed by atoms with Crippen LogP contribution in [0.4, 0.5) is 0 Å². The third-order valence-corrected chi connectivity index (χ3v) is 6.52. The Morgan fingerprint density at radius 1 is 1.26 bits per heavy atom. The van der Waals surface area contributed by atoms with Crippen LogP contribution in [0.2, 0.25) is 0 Å². The Bertz CT molecular complexity index is 845. The number of carbonyl (C=O) groups is 1. The van der Waals surface area contributed by atoms with E-state index < -0.39 is 0 Å². The van der Waals surface area contributed by atoms with E-state index in [1.165, 1.54) is 19.5 Å². The number of fused-ring (bicyclic) bond motifs is 3. The number of hydrogen-bond donors (Lipinski definition) is 3. The summed E-state index contributed by atoms with van der Waals surface area (Å²) < 4.78 is 3.61. The molecule has 3 aromatic rings. The minimum absolute atomic E-state index is 0. The first-order valence-corrected chi connectivity index (χ1v) is 8.94. The molecule has 0 bridgehead atoms. The molecule has 0 spiro atoms. The first kappa shape index (κ1) is 16.7. The van der Waals surface area contributed by atoms with Crippen LogP contribution in [0.15, 0.2) is 30.3 Å². The van der Waals surface area contributed by atoms with Crippen LogP contribution in [0.25, 0.3) is 19.5 Å². The first-order chi connectivity index (χ1) is 10.7. The van der Waals surface area contributed by atoms with E-state index in [1.807, 2.05) is 18.2 Å². The summed E-state index contributed by atoms with van der Waals surface area (Å²) in [6, 6.07) is 10.3. The molecule has 2 aromatic heterocycles. The molecule has 2 unspecified atom stereocenters. The number of aliphatic hydroxyl groups is 1. The van der Waals surface area contributed by atoms with E-state index in [2.05, 4.69) is 22.8 Å². The van der Waals surface area contributed by atoms with Gasteiger partial charge < -0.3 is 15.7 Å². The van der Waals surface area contributed by atoms with Gasteiger partial charge in [0, 0.05) is 40.3 Å². The average molecular weight is 369 g/mol. The maximum Gasteiger partial charge on any atom is 0.261 e. The fourth-order valence-electron chi connectivity index (χ4n) is 2.85. The van der Waals surface area contributed by atoms with E-state index in [4.69, 9.17) is 0 Å². The van der Waals surface area contributed by atoms with Crippen LogP contribution in [0.1, 0.15) is 9.67 Å². The number of carbonyl (C=O) groups excluding carboxylic acids is 1. The van der Waals surface area contributed by atoms with Crippen LogP contribution in [-0.4, -0.2) is 36.8 Å². The summed E-state index contributed by atoms with van der Waals surface area (Å²) in [4.78, 5) is 13.1. The summed E-state index contributed by atoms with van der Waals surface area (Å²) in [5.41, 5.74) is 0. The Balaban J connectivity index is 0.00000156. The molecule has 1 saturated heterocycles. The molecule has 0 radical (unpaired) electrons. The van der Waals surface area contributed by atoms with Gasteiger partial charge in [-0.05, 0) is 12.1 Å². The number of amides is 1. The number of thiophene rings is 2. The summed E-state index contributed by atoms with van der Waals surface area (Å²) >= 11 is 3.27. The van der Waals surface area contributed by atoms with Crippen molar-refractivity contribution in [1.82, 2.24) is 10.6 Å². The second-order valence-corrected chi connectivity index (χ2v) is 7.73. The zero-order valence-electron chi connectivity index (χ0n) is 12.2. The van der Waals surface area contributed by atoms with E-state index in [-0.39, 0.29) is 30.3 Å². The fraction of sp³-hybridized carbons (Fsp3) is 0.312. The van der Waals surface area contributed by atoms with Crippen LogP contribution >= 0.6 is 35.1 Å². The molecule has 0 saturated carbocycles. The molecule has 1 aliphatic rings. The maximum absolute atomic E-state index is 12.3. The zero-order chi connectivity index (χ0) is 15.1. The van der Waals surface area contributed by atoms with Crippen molar-refractivity contribution in [1.29, 1.82) is 0 Å². The molecule has 1 amide bonds. The highest BCUT2D eigenvalue weighted by Crippen LogP contribution is 2.39. The van der Waals surface area contributed by atoms with Gasteiger partial charge in [-0.3, -0.25) is 4.79 Å². The molecule has 4 rings (SSSR count). The second-order valence-electron chi connectivity index (χ2n) is 5.60. The smallest absolute Gasteiger partial charge is 0.261 e. The van der Waals surface area contributed by atoms with Crippen LogP contribution < -0.4 is 10.6 Å². The number of nitrogens with one attached hydrogen (secondary N) is 2. The van der Waals surface area contributed by atoms with Crippen molar-refractivity contribution in [2.45, 2.75) is 6.10 Å². The summed E-state index contributed by atoms with van der Waals surface area (Å²) in [6.45, 7) is 1.88. The highest BCUT2D eigenvalue weighted by molar-refractivity contribution is 7.33. The molecule has 23 heavy (non-hydrogen) atoms. The number of halogens is 1. The summed E-state index contributed by atoms with van der Waals surface area (Å²) in [5.74, 6) is 0.0578. The second kappa shape index (κ2) is 6.75. The zero-order valence-corrected chi connectivity index (χ0v) is 14.7. The van der Waals surface area contributed by atoms with Gasteiger partial charge in [-0.1, -0.05) is 18.2 Å². The van der Waals surface area contributed by atoms with Crippen LogP contribution in [0, 0.1) is 5.92 Å². The first-order valence-electron chi connectivity index (χ1n) is 7.30. The molecule has 122 valence electrons. The average Bonchev–Trinajstić information content (AvgIpc) is 3.18. The summed E-state index contributed by atoms with van der Waals surface area (Å²) in [6.07, 6.45) is -0.365. The molecule has 1 aliphatic heterocycles.